The highest BCUT2D eigenvalue weighted by Gasteiger charge is 2.77. The van der Waals surface area contributed by atoms with Crippen LogP contribution in [0.2, 0.25) is 0 Å². The summed E-state index contributed by atoms with van der Waals surface area (Å²) in [5.74, 6) is -2.55. The quantitative estimate of drug-likeness (QED) is 0.185. The zero-order valence-electron chi connectivity index (χ0n) is 27.5. The van der Waals surface area contributed by atoms with Crippen molar-refractivity contribution in [3.05, 3.63) is 35.1 Å². The highest BCUT2D eigenvalue weighted by Crippen LogP contribution is 2.72. The molecule has 0 aromatic rings. The van der Waals surface area contributed by atoms with Gasteiger partial charge in [-0.05, 0) is 57.1 Å². The lowest BCUT2D eigenvalue weighted by molar-refractivity contribution is -0.258. The van der Waals surface area contributed by atoms with Gasteiger partial charge in [-0.3, -0.25) is 14.4 Å². The molecule has 0 N–H and O–H groups in total. The SMILES string of the molecule is CC=C(C)C(=O)OC1C2OCC3(C)C(OC(C)=O)CC(OC(C)=O)C(C)(C23)C2CCOC3CC(C4C=COC4=O)C(C)=C3C12C. The minimum absolute atomic E-state index is 0.135. The Morgan fingerprint density at radius 1 is 0.978 bits per heavy atom. The van der Waals surface area contributed by atoms with E-state index in [9.17, 15) is 19.2 Å². The molecule has 12 atom stereocenters. The van der Waals surface area contributed by atoms with Crippen LogP contribution in [0.3, 0.4) is 0 Å². The second-order valence-corrected chi connectivity index (χ2v) is 14.6. The van der Waals surface area contributed by atoms with Crippen molar-refractivity contribution in [1.82, 2.24) is 0 Å². The molecule has 2 saturated carbocycles. The summed E-state index contributed by atoms with van der Waals surface area (Å²) in [7, 11) is 0. The molecule has 12 unspecified atom stereocenters. The summed E-state index contributed by atoms with van der Waals surface area (Å²) in [6.07, 6.45) is 3.80. The van der Waals surface area contributed by atoms with Crippen molar-refractivity contribution in [3.8, 4) is 0 Å². The van der Waals surface area contributed by atoms with Gasteiger partial charge < -0.3 is 28.4 Å². The highest BCUT2D eigenvalue weighted by molar-refractivity contribution is 5.88. The van der Waals surface area contributed by atoms with E-state index in [1.807, 2.05) is 6.08 Å². The molecule has 0 amide bonds. The molecule has 0 aromatic heterocycles. The molecule has 3 aliphatic carbocycles. The molecular weight excluding hydrogens is 580 g/mol. The van der Waals surface area contributed by atoms with Gasteiger partial charge in [-0.25, -0.2) is 4.79 Å². The molecule has 2 saturated heterocycles. The molecule has 0 radical (unpaired) electrons. The smallest absolute Gasteiger partial charge is 0.333 e. The summed E-state index contributed by atoms with van der Waals surface area (Å²) in [6, 6.07) is 0. The van der Waals surface area contributed by atoms with E-state index in [1.165, 1.54) is 20.1 Å². The molecule has 246 valence electrons. The molecular formula is C35H46O10. The van der Waals surface area contributed by atoms with E-state index in [-0.39, 0.29) is 29.8 Å². The summed E-state index contributed by atoms with van der Waals surface area (Å²) in [4.78, 5) is 51.4. The molecule has 6 aliphatic rings. The largest absolute Gasteiger partial charge is 0.462 e. The van der Waals surface area contributed by atoms with Crippen LogP contribution in [0.15, 0.2) is 35.1 Å². The maximum atomic E-state index is 13.6. The lowest BCUT2D eigenvalue weighted by Gasteiger charge is -2.66. The van der Waals surface area contributed by atoms with E-state index in [4.69, 9.17) is 28.4 Å². The predicted octanol–water partition coefficient (Wildman–Crippen LogP) is 4.61. The van der Waals surface area contributed by atoms with E-state index >= 15 is 0 Å². The zero-order valence-corrected chi connectivity index (χ0v) is 27.5. The van der Waals surface area contributed by atoms with E-state index < -0.39 is 64.5 Å². The number of hydrogen-bond acceptors (Lipinski definition) is 10. The van der Waals surface area contributed by atoms with Crippen molar-refractivity contribution < 1.29 is 47.6 Å². The molecule has 10 heteroatoms. The van der Waals surface area contributed by atoms with Crippen LogP contribution in [0.1, 0.15) is 74.7 Å². The molecule has 45 heavy (non-hydrogen) atoms. The Hall–Kier alpha value is -2.98. The van der Waals surface area contributed by atoms with Crippen LogP contribution in [-0.2, 0) is 47.6 Å². The van der Waals surface area contributed by atoms with E-state index in [0.717, 1.165) is 11.1 Å². The fraction of sp³-hybridized carbons (Fsp3) is 0.714. The lowest BCUT2D eigenvalue weighted by Crippen LogP contribution is -2.72. The maximum Gasteiger partial charge on any atom is 0.333 e. The Morgan fingerprint density at radius 2 is 1.67 bits per heavy atom. The first-order chi connectivity index (χ1) is 21.2. The van der Waals surface area contributed by atoms with E-state index in [0.29, 0.717) is 38.0 Å². The number of esters is 4. The Morgan fingerprint density at radius 3 is 2.29 bits per heavy atom. The number of hydrogen-bond donors (Lipinski definition) is 0. The summed E-state index contributed by atoms with van der Waals surface area (Å²) >= 11 is 0. The van der Waals surface area contributed by atoms with Crippen molar-refractivity contribution >= 4 is 23.9 Å². The number of ether oxygens (including phenoxy) is 6. The second-order valence-electron chi connectivity index (χ2n) is 14.6. The van der Waals surface area contributed by atoms with Crippen molar-refractivity contribution in [2.45, 2.75) is 105 Å². The number of fused-ring (bicyclic) bond motifs is 4. The number of carbonyl (C=O) groups excluding carboxylic acids is 4. The van der Waals surface area contributed by atoms with Crippen LogP contribution in [0, 0.1) is 39.9 Å². The van der Waals surface area contributed by atoms with Crippen LogP contribution in [0.25, 0.3) is 0 Å². The maximum absolute atomic E-state index is 13.6. The first kappa shape index (κ1) is 32.0. The van der Waals surface area contributed by atoms with Gasteiger partial charge in [0.05, 0.1) is 31.0 Å². The minimum atomic E-state index is -0.802. The second kappa shape index (κ2) is 11.1. The average Bonchev–Trinajstić information content (AvgIpc) is 3.62. The van der Waals surface area contributed by atoms with Crippen molar-refractivity contribution in [2.24, 2.45) is 39.9 Å². The third-order valence-electron chi connectivity index (χ3n) is 12.4. The Balaban J connectivity index is 1.57. The summed E-state index contributed by atoms with van der Waals surface area (Å²) in [5, 5.41) is 0. The number of allylic oxidation sites excluding steroid dienone is 2. The minimum Gasteiger partial charge on any atom is -0.462 e. The van der Waals surface area contributed by atoms with Crippen LogP contribution in [0.5, 0.6) is 0 Å². The van der Waals surface area contributed by atoms with Gasteiger partial charge in [0, 0.05) is 54.6 Å². The van der Waals surface area contributed by atoms with Gasteiger partial charge in [0.25, 0.3) is 0 Å². The monoisotopic (exact) mass is 626 g/mol. The molecule has 3 heterocycles. The summed E-state index contributed by atoms with van der Waals surface area (Å²) in [5.41, 5.74) is 0.451. The topological polar surface area (TPSA) is 124 Å². The van der Waals surface area contributed by atoms with Crippen LogP contribution in [0.4, 0.5) is 0 Å². The van der Waals surface area contributed by atoms with Gasteiger partial charge in [-0.15, -0.1) is 0 Å². The van der Waals surface area contributed by atoms with Crippen molar-refractivity contribution in [1.29, 1.82) is 0 Å². The molecule has 0 bridgehead atoms. The normalized spacial score (nSPS) is 45.2. The third kappa shape index (κ3) is 4.56. The molecule has 4 fully saturated rings. The summed E-state index contributed by atoms with van der Waals surface area (Å²) < 4.78 is 37.3. The van der Waals surface area contributed by atoms with Gasteiger partial charge in [0.15, 0.2) is 0 Å². The van der Waals surface area contributed by atoms with Crippen LogP contribution in [-0.4, -0.2) is 67.6 Å². The van der Waals surface area contributed by atoms with Crippen molar-refractivity contribution in [2.75, 3.05) is 13.2 Å². The zero-order chi connectivity index (χ0) is 32.6. The molecule has 3 aliphatic heterocycles. The van der Waals surface area contributed by atoms with E-state index in [2.05, 4.69) is 27.7 Å². The lowest BCUT2D eigenvalue weighted by atomic mass is 9.39. The average molecular weight is 627 g/mol. The Labute approximate surface area is 264 Å². The Bertz CT molecular complexity index is 1390. The predicted molar refractivity (Wildman–Crippen MR) is 160 cm³/mol. The summed E-state index contributed by atoms with van der Waals surface area (Å²) in [6.45, 7) is 15.5. The number of rotatable bonds is 5. The molecule has 0 aromatic carbocycles. The van der Waals surface area contributed by atoms with Crippen LogP contribution >= 0.6 is 0 Å². The van der Waals surface area contributed by atoms with Gasteiger partial charge in [0.1, 0.15) is 18.3 Å². The molecule has 6 rings (SSSR count). The fourth-order valence-corrected chi connectivity index (χ4v) is 10.5. The number of carbonyl (C=O) groups is 4. The van der Waals surface area contributed by atoms with Gasteiger partial charge >= 0.3 is 23.9 Å². The molecule has 10 nitrogen and oxygen atoms in total. The van der Waals surface area contributed by atoms with Crippen molar-refractivity contribution in [3.63, 3.8) is 0 Å². The standard InChI is InChI=1S/C35H46O10/c1-9-17(2)31(38)45-30-28-29-33(6,16-42-28)25(43-19(4)36)15-26(44-20(5)37)34(29,7)24-11-13-40-23-14-22(21-10-12-41-32(21)39)18(3)27(23)35(24,30)8/h9-10,12,21-26,28-30H,11,13-16H2,1-8H3. The molecule has 0 spiro atoms. The third-order valence-corrected chi connectivity index (χ3v) is 12.4. The van der Waals surface area contributed by atoms with Gasteiger partial charge in [-0.1, -0.05) is 32.4 Å². The first-order valence-electron chi connectivity index (χ1n) is 16.2. The number of cyclic esters (lactones) is 1. The highest BCUT2D eigenvalue weighted by atomic mass is 16.6. The first-order valence-corrected chi connectivity index (χ1v) is 16.2. The van der Waals surface area contributed by atoms with Gasteiger partial charge in [-0.2, -0.15) is 0 Å². The van der Waals surface area contributed by atoms with Crippen LogP contribution < -0.4 is 0 Å². The van der Waals surface area contributed by atoms with Gasteiger partial charge in [0.2, 0.25) is 0 Å². The van der Waals surface area contributed by atoms with E-state index in [1.54, 1.807) is 19.9 Å². The fourth-order valence-electron chi connectivity index (χ4n) is 10.5. The Kier molecular flexibility index (Phi) is 7.87.